The topological polar surface area (TPSA) is 3.24 Å². The molecule has 0 N–H and O–H groups in total. The minimum absolute atomic E-state index is 0. The first-order chi connectivity index (χ1) is 14.6. The zero-order valence-corrected chi connectivity index (χ0v) is 20.4. The minimum atomic E-state index is -0.584. The van der Waals surface area contributed by atoms with Crippen LogP contribution in [0.2, 0.25) is 0 Å². The Morgan fingerprint density at radius 3 is 1.81 bits per heavy atom. The van der Waals surface area contributed by atoms with Crippen molar-refractivity contribution in [3.8, 4) is 0 Å². The molecule has 2 saturated carbocycles. The van der Waals surface area contributed by atoms with Gasteiger partial charge in [0.1, 0.15) is 0 Å². The predicted molar refractivity (Wildman–Crippen MR) is 130 cm³/mol. The Morgan fingerprint density at radius 2 is 1.29 bits per heavy atom. The molecule has 0 aromatic heterocycles. The molecule has 2 aliphatic carbocycles. The molecule has 4 rings (SSSR count). The number of benzene rings is 2. The third kappa shape index (κ3) is 6.03. The first kappa shape index (κ1) is 25.0. The van der Waals surface area contributed by atoms with E-state index in [0.29, 0.717) is 12.0 Å². The smallest absolute Gasteiger partial charge is 0.306 e. The maximum atomic E-state index is 2.39. The molecular formula is C28H30FeNP+2. The number of hydrogen-bond acceptors (Lipinski definition) is 1. The quantitative estimate of drug-likeness (QED) is 0.381. The van der Waals surface area contributed by atoms with Crippen LogP contribution in [0.5, 0.6) is 0 Å². The van der Waals surface area contributed by atoms with E-state index < -0.39 is 7.92 Å². The van der Waals surface area contributed by atoms with Crippen LogP contribution in [-0.2, 0) is 17.1 Å². The maximum absolute atomic E-state index is 2.39. The second kappa shape index (κ2) is 12.0. The molecule has 10 radical (unpaired) electrons. The summed E-state index contributed by atoms with van der Waals surface area (Å²) in [6.07, 6.45) is 16.9. The first-order valence-corrected chi connectivity index (χ1v) is 12.0. The molecule has 0 amide bonds. The van der Waals surface area contributed by atoms with Gasteiger partial charge in [-0.3, -0.25) is 0 Å². The molecule has 2 fully saturated rings. The maximum Gasteiger partial charge on any atom is 2.00 e. The van der Waals surface area contributed by atoms with Gasteiger partial charge in [-0.05, 0) is 95.8 Å². The van der Waals surface area contributed by atoms with E-state index in [9.17, 15) is 0 Å². The predicted octanol–water partition coefficient (Wildman–Crippen LogP) is 5.21. The average Bonchev–Trinajstić information content (AvgIpc) is 3.46. The van der Waals surface area contributed by atoms with Crippen LogP contribution in [0.25, 0.3) is 0 Å². The Morgan fingerprint density at radius 1 is 0.742 bits per heavy atom. The van der Waals surface area contributed by atoms with Gasteiger partial charge in [-0.2, -0.15) is 0 Å². The van der Waals surface area contributed by atoms with Gasteiger partial charge in [-0.15, -0.1) is 0 Å². The molecule has 0 heterocycles. The number of rotatable bonds is 8. The average molecular weight is 467 g/mol. The van der Waals surface area contributed by atoms with Crippen molar-refractivity contribution < 1.29 is 17.1 Å². The largest absolute Gasteiger partial charge is 2.00 e. The van der Waals surface area contributed by atoms with Crippen molar-refractivity contribution in [3.63, 3.8) is 0 Å². The molecule has 2 aromatic carbocycles. The Labute approximate surface area is 202 Å². The van der Waals surface area contributed by atoms with Crippen LogP contribution < -0.4 is 10.6 Å². The Hall–Kier alpha value is -0.651. The van der Waals surface area contributed by atoms with Crippen molar-refractivity contribution in [2.24, 2.45) is 5.92 Å². The van der Waals surface area contributed by atoms with E-state index >= 15 is 0 Å². The second-order valence-electron chi connectivity index (χ2n) is 8.21. The van der Waals surface area contributed by atoms with Crippen molar-refractivity contribution in [2.75, 3.05) is 14.1 Å². The van der Waals surface area contributed by atoms with Gasteiger partial charge in [0.05, 0.1) is 0 Å². The first-order valence-electron chi connectivity index (χ1n) is 10.7. The van der Waals surface area contributed by atoms with Crippen LogP contribution in [0.3, 0.4) is 0 Å². The number of nitrogens with zero attached hydrogens (tertiary/aromatic N) is 1. The van der Waals surface area contributed by atoms with Crippen LogP contribution in [0.15, 0.2) is 60.7 Å². The van der Waals surface area contributed by atoms with Crippen LogP contribution in [0.4, 0.5) is 0 Å². The van der Waals surface area contributed by atoms with Crippen molar-refractivity contribution in [3.05, 3.63) is 123 Å². The summed E-state index contributed by atoms with van der Waals surface area (Å²) in [6.45, 7) is 2.35. The van der Waals surface area contributed by atoms with E-state index in [1.54, 1.807) is 0 Å². The van der Waals surface area contributed by atoms with Gasteiger partial charge in [0.25, 0.3) is 0 Å². The monoisotopic (exact) mass is 467 g/mol. The molecule has 2 aliphatic rings. The van der Waals surface area contributed by atoms with Crippen molar-refractivity contribution in [1.82, 2.24) is 4.90 Å². The molecule has 0 bridgehead atoms. The molecule has 31 heavy (non-hydrogen) atoms. The van der Waals surface area contributed by atoms with Crippen LogP contribution in [-0.4, -0.2) is 25.0 Å². The van der Waals surface area contributed by atoms with Gasteiger partial charge >= 0.3 is 17.1 Å². The van der Waals surface area contributed by atoms with Crippen molar-refractivity contribution >= 4 is 18.5 Å². The van der Waals surface area contributed by atoms with Crippen LogP contribution in [0.1, 0.15) is 13.3 Å². The Kier molecular flexibility index (Phi) is 9.66. The molecule has 158 valence electrons. The van der Waals surface area contributed by atoms with Crippen molar-refractivity contribution in [1.29, 1.82) is 0 Å². The minimum Gasteiger partial charge on any atom is -0.306 e. The zero-order valence-electron chi connectivity index (χ0n) is 18.4. The fourth-order valence-electron chi connectivity index (χ4n) is 4.30. The molecule has 2 atom stereocenters. The second-order valence-corrected chi connectivity index (χ2v) is 10.4. The molecule has 3 heteroatoms. The third-order valence-corrected chi connectivity index (χ3v) is 8.43. The summed E-state index contributed by atoms with van der Waals surface area (Å²) in [5.74, 6) is 3.43. The Balaban J connectivity index is 0.00000272. The molecule has 1 nitrogen and oxygen atoms in total. The fourth-order valence-corrected chi connectivity index (χ4v) is 6.81. The standard InChI is InChI=1S/C28H30NP.Fe/c1-22(23-13-10-11-14-23)21-27(29(2)3)26-19-12-20-28(26)30(24-15-6-4-7-16-24)25-17-8-5-9-18-25;/h4-20,22,27H,21H2,1-3H3;/q;+2/t22-,27-;/m0./s1. The normalized spacial score (nSPS) is 20.3. The van der Waals surface area contributed by atoms with Gasteiger partial charge in [-0.25, -0.2) is 0 Å². The summed E-state index contributed by atoms with van der Waals surface area (Å²) >= 11 is 0. The summed E-state index contributed by atoms with van der Waals surface area (Å²) in [6, 6.07) is 22.4. The van der Waals surface area contributed by atoms with Gasteiger partial charge < -0.3 is 4.90 Å². The van der Waals surface area contributed by atoms with Gasteiger partial charge in [0.15, 0.2) is 0 Å². The summed E-state index contributed by atoms with van der Waals surface area (Å²) in [5, 5.41) is 2.82. The zero-order chi connectivity index (χ0) is 20.9. The fraction of sp³-hybridized carbons (Fsp3) is 0.214. The molecule has 2 aromatic rings. The van der Waals surface area contributed by atoms with E-state index in [4.69, 9.17) is 0 Å². The van der Waals surface area contributed by atoms with E-state index in [1.165, 1.54) is 28.1 Å². The van der Waals surface area contributed by atoms with E-state index in [1.807, 2.05) is 0 Å². The molecular weight excluding hydrogens is 437 g/mol. The van der Waals surface area contributed by atoms with Gasteiger partial charge in [0, 0.05) is 17.6 Å². The molecule has 0 aliphatic heterocycles. The SMILES string of the molecule is C[C@@H](C[C@@H]([C]1[CH][CH][CH][C]1P(c1ccccc1)c1ccccc1)N(C)C)[C]1[CH][CH][CH][CH]1.[Fe+2]. The van der Waals surface area contributed by atoms with E-state index in [0.717, 1.165) is 6.42 Å². The summed E-state index contributed by atoms with van der Waals surface area (Å²) < 4.78 is 0. The van der Waals surface area contributed by atoms with Crippen LogP contribution in [0, 0.1) is 68.4 Å². The summed E-state index contributed by atoms with van der Waals surface area (Å²) in [7, 11) is 3.85. The van der Waals surface area contributed by atoms with E-state index in [-0.39, 0.29) is 17.1 Å². The van der Waals surface area contributed by atoms with Gasteiger partial charge in [-0.1, -0.05) is 67.6 Å². The number of hydrogen-bond donors (Lipinski definition) is 0. The third-order valence-electron chi connectivity index (χ3n) is 5.91. The molecule has 0 unspecified atom stereocenters. The van der Waals surface area contributed by atoms with Gasteiger partial charge in [0.2, 0.25) is 0 Å². The molecule has 0 saturated heterocycles. The van der Waals surface area contributed by atoms with E-state index in [2.05, 4.69) is 132 Å². The van der Waals surface area contributed by atoms with Crippen molar-refractivity contribution in [2.45, 2.75) is 19.4 Å². The molecule has 0 spiro atoms. The summed E-state index contributed by atoms with van der Waals surface area (Å²) in [4.78, 5) is 2.39. The Bertz CT molecular complexity index is 720. The van der Waals surface area contributed by atoms with Crippen LogP contribution >= 0.6 is 7.92 Å². The summed E-state index contributed by atoms with van der Waals surface area (Å²) in [5.41, 5.74) is 1.48.